The first kappa shape index (κ1) is 17.7. The molecule has 0 spiro atoms. The Balaban J connectivity index is 2.24. The highest BCUT2D eigenvalue weighted by atomic mass is 16.3. The van der Waals surface area contributed by atoms with E-state index in [0.29, 0.717) is 0 Å². The van der Waals surface area contributed by atoms with E-state index in [1.54, 1.807) is 12.7 Å². The van der Waals surface area contributed by atoms with Crippen LogP contribution in [0.15, 0.2) is 36.9 Å². The summed E-state index contributed by atoms with van der Waals surface area (Å²) in [5.74, 6) is 0. The van der Waals surface area contributed by atoms with Gasteiger partial charge in [0.05, 0.1) is 12.1 Å². The molecule has 4 heteroatoms. The smallest absolute Gasteiger partial charge is 0.137 e. The number of aliphatic hydroxyl groups excluding tert-OH is 1. The number of aryl methyl sites for hydroxylation is 1. The summed E-state index contributed by atoms with van der Waals surface area (Å²) in [6.45, 7) is 8.48. The van der Waals surface area contributed by atoms with Crippen LogP contribution >= 0.6 is 0 Å². The Labute approximate surface area is 139 Å². The topological polar surface area (TPSA) is 50.9 Å². The number of hydrogen-bond donors (Lipinski definition) is 1. The van der Waals surface area contributed by atoms with Crippen molar-refractivity contribution in [1.29, 1.82) is 0 Å². The van der Waals surface area contributed by atoms with Crippen molar-refractivity contribution in [3.63, 3.8) is 0 Å². The summed E-state index contributed by atoms with van der Waals surface area (Å²) < 4.78 is 1.82. The zero-order valence-electron chi connectivity index (χ0n) is 14.7. The minimum Gasteiger partial charge on any atom is -0.390 e. The first-order valence-corrected chi connectivity index (χ1v) is 8.56. The summed E-state index contributed by atoms with van der Waals surface area (Å²) in [6.07, 6.45) is 7.06. The fourth-order valence-corrected chi connectivity index (χ4v) is 3.06. The fraction of sp³-hybridized carbons (Fsp3) is 0.579. The largest absolute Gasteiger partial charge is 0.390 e. The Morgan fingerprint density at radius 2 is 1.87 bits per heavy atom. The monoisotopic (exact) mass is 315 g/mol. The van der Waals surface area contributed by atoms with Gasteiger partial charge in [-0.25, -0.2) is 9.67 Å². The number of unbranched alkanes of at least 4 members (excludes halogenated alkanes) is 2. The number of benzene rings is 1. The van der Waals surface area contributed by atoms with Crippen LogP contribution in [0.5, 0.6) is 0 Å². The Bertz CT molecular complexity index is 575. The number of aliphatic hydroxyl groups is 1. The van der Waals surface area contributed by atoms with Crippen molar-refractivity contribution in [2.45, 2.75) is 70.9 Å². The SMILES string of the molecule is CCCCCC(C(O)C(C)(C)c1ccc(C)cc1)n1cncn1. The van der Waals surface area contributed by atoms with E-state index >= 15 is 0 Å². The molecule has 0 amide bonds. The van der Waals surface area contributed by atoms with Gasteiger partial charge in [-0.15, -0.1) is 0 Å². The number of rotatable bonds is 8. The number of hydrogen-bond acceptors (Lipinski definition) is 3. The highest BCUT2D eigenvalue weighted by Gasteiger charge is 2.36. The molecule has 0 aliphatic heterocycles. The van der Waals surface area contributed by atoms with Crippen molar-refractivity contribution in [3.8, 4) is 0 Å². The Kier molecular flexibility index (Phi) is 5.94. The average Bonchev–Trinajstić information content (AvgIpc) is 3.05. The lowest BCUT2D eigenvalue weighted by Crippen LogP contribution is -2.41. The summed E-state index contributed by atoms with van der Waals surface area (Å²) in [5.41, 5.74) is 2.03. The van der Waals surface area contributed by atoms with Crippen LogP contribution in [0.4, 0.5) is 0 Å². The van der Waals surface area contributed by atoms with E-state index in [0.717, 1.165) is 18.4 Å². The molecule has 23 heavy (non-hydrogen) atoms. The minimum atomic E-state index is -0.524. The molecule has 2 aromatic rings. The molecule has 1 aromatic carbocycles. The van der Waals surface area contributed by atoms with Gasteiger partial charge in [0, 0.05) is 5.41 Å². The molecule has 0 radical (unpaired) electrons. The van der Waals surface area contributed by atoms with Gasteiger partial charge in [-0.3, -0.25) is 0 Å². The van der Waals surface area contributed by atoms with Gasteiger partial charge < -0.3 is 5.11 Å². The summed E-state index contributed by atoms with van der Waals surface area (Å²) in [7, 11) is 0. The molecule has 0 aliphatic carbocycles. The maximum atomic E-state index is 11.1. The highest BCUT2D eigenvalue weighted by Crippen LogP contribution is 2.35. The van der Waals surface area contributed by atoms with Crippen LogP contribution in [0, 0.1) is 6.92 Å². The fourth-order valence-electron chi connectivity index (χ4n) is 3.06. The van der Waals surface area contributed by atoms with E-state index in [4.69, 9.17) is 0 Å². The third-order valence-corrected chi connectivity index (χ3v) is 4.78. The van der Waals surface area contributed by atoms with Gasteiger partial charge in [-0.2, -0.15) is 5.10 Å². The summed E-state index contributed by atoms with van der Waals surface area (Å²) in [5, 5.41) is 15.4. The second-order valence-corrected chi connectivity index (χ2v) is 6.97. The predicted molar refractivity (Wildman–Crippen MR) is 93.4 cm³/mol. The van der Waals surface area contributed by atoms with Crippen LogP contribution in [0.25, 0.3) is 0 Å². The van der Waals surface area contributed by atoms with E-state index in [9.17, 15) is 5.11 Å². The van der Waals surface area contributed by atoms with Crippen LogP contribution in [0.3, 0.4) is 0 Å². The molecule has 4 nitrogen and oxygen atoms in total. The molecule has 2 atom stereocenters. The third-order valence-electron chi connectivity index (χ3n) is 4.78. The van der Waals surface area contributed by atoms with Gasteiger partial charge in [0.1, 0.15) is 12.7 Å². The van der Waals surface area contributed by atoms with Crippen molar-refractivity contribution in [3.05, 3.63) is 48.0 Å². The summed E-state index contributed by atoms with van der Waals surface area (Å²) >= 11 is 0. The second-order valence-electron chi connectivity index (χ2n) is 6.97. The molecule has 1 heterocycles. The van der Waals surface area contributed by atoms with Crippen LogP contribution in [-0.4, -0.2) is 26.0 Å². The summed E-state index contributed by atoms with van der Waals surface area (Å²) in [6, 6.07) is 8.38. The van der Waals surface area contributed by atoms with E-state index in [-0.39, 0.29) is 11.5 Å². The minimum absolute atomic E-state index is 0.0552. The molecule has 126 valence electrons. The van der Waals surface area contributed by atoms with Crippen molar-refractivity contribution in [2.24, 2.45) is 0 Å². The first-order chi connectivity index (χ1) is 11.0. The quantitative estimate of drug-likeness (QED) is 0.748. The van der Waals surface area contributed by atoms with Crippen LogP contribution < -0.4 is 0 Å². The lowest BCUT2D eigenvalue weighted by molar-refractivity contribution is 0.0383. The molecule has 0 bridgehead atoms. The molecule has 2 unspecified atom stereocenters. The predicted octanol–water partition coefficient (Wildman–Crippen LogP) is 4.05. The first-order valence-electron chi connectivity index (χ1n) is 8.56. The molecule has 0 fully saturated rings. The Morgan fingerprint density at radius 1 is 1.17 bits per heavy atom. The lowest BCUT2D eigenvalue weighted by atomic mass is 9.75. The van der Waals surface area contributed by atoms with Gasteiger partial charge in [0.15, 0.2) is 0 Å². The zero-order chi connectivity index (χ0) is 16.9. The van der Waals surface area contributed by atoms with Gasteiger partial charge in [0.2, 0.25) is 0 Å². The standard InChI is InChI=1S/C19H29N3O/c1-5-6-7-8-17(22-14-20-13-21-22)18(23)19(3,4)16-11-9-15(2)10-12-16/h9-14,17-18,23H,5-8H2,1-4H3. The van der Waals surface area contributed by atoms with E-state index < -0.39 is 6.10 Å². The average molecular weight is 315 g/mol. The zero-order valence-corrected chi connectivity index (χ0v) is 14.7. The lowest BCUT2D eigenvalue weighted by Gasteiger charge is -2.36. The van der Waals surface area contributed by atoms with Gasteiger partial charge in [0.25, 0.3) is 0 Å². The maximum absolute atomic E-state index is 11.1. The van der Waals surface area contributed by atoms with Crippen molar-refractivity contribution in [2.75, 3.05) is 0 Å². The molecule has 1 N–H and O–H groups in total. The van der Waals surface area contributed by atoms with Crippen LogP contribution in [-0.2, 0) is 5.41 Å². The van der Waals surface area contributed by atoms with E-state index in [1.165, 1.54) is 18.4 Å². The maximum Gasteiger partial charge on any atom is 0.137 e. The molecular weight excluding hydrogens is 286 g/mol. The van der Waals surface area contributed by atoms with Crippen molar-refractivity contribution in [1.82, 2.24) is 14.8 Å². The van der Waals surface area contributed by atoms with Crippen LogP contribution in [0.1, 0.15) is 63.6 Å². The highest BCUT2D eigenvalue weighted by molar-refractivity contribution is 5.29. The molecular formula is C19H29N3O. The van der Waals surface area contributed by atoms with Crippen LogP contribution in [0.2, 0.25) is 0 Å². The molecule has 2 rings (SSSR count). The van der Waals surface area contributed by atoms with Gasteiger partial charge >= 0.3 is 0 Å². The molecule has 1 aromatic heterocycles. The number of aromatic nitrogens is 3. The van der Waals surface area contributed by atoms with E-state index in [1.807, 2.05) is 4.68 Å². The van der Waals surface area contributed by atoms with Gasteiger partial charge in [-0.05, 0) is 18.9 Å². The Morgan fingerprint density at radius 3 is 2.43 bits per heavy atom. The normalized spacial score (nSPS) is 14.7. The van der Waals surface area contributed by atoms with Crippen molar-refractivity contribution < 1.29 is 5.11 Å². The molecule has 0 saturated carbocycles. The second kappa shape index (κ2) is 7.73. The third kappa shape index (κ3) is 4.20. The molecule has 0 saturated heterocycles. The number of nitrogens with zero attached hydrogens (tertiary/aromatic N) is 3. The van der Waals surface area contributed by atoms with E-state index in [2.05, 4.69) is 62.0 Å². The molecule has 0 aliphatic rings. The Hall–Kier alpha value is -1.68. The van der Waals surface area contributed by atoms with Crippen molar-refractivity contribution >= 4 is 0 Å². The summed E-state index contributed by atoms with van der Waals surface area (Å²) in [4.78, 5) is 4.06. The van der Waals surface area contributed by atoms with Gasteiger partial charge in [-0.1, -0.05) is 69.9 Å².